The second kappa shape index (κ2) is 13.3. The third-order valence-corrected chi connectivity index (χ3v) is 10.4. The minimum Gasteiger partial charge on any atom is -0.407 e. The van der Waals surface area contributed by atoms with Crippen molar-refractivity contribution >= 4 is 64.6 Å². The highest BCUT2D eigenvalue weighted by molar-refractivity contribution is 8.04. The standard InChI is InChI=1S/C38H38BN3O5S/c1-5-41-30-13-8-7-12-29(30)38(3,4)33(41)22-27-36(44)28(23-35-42(6-2)31-14-9-10-15-32(31)47-35)37(27)48-24-34(43)40-26-18-16-25(17-19-26)39-45-20-11-21-46-39/h7-10,12-19,22-23H,5-6,11,20-21,24H2,1-4H3/p+1. The van der Waals surface area contributed by atoms with E-state index in [0.717, 1.165) is 45.8 Å². The largest absolute Gasteiger partial charge is 0.493 e. The first kappa shape index (κ1) is 32.2. The van der Waals surface area contributed by atoms with Crippen molar-refractivity contribution in [3.8, 4) is 0 Å². The number of carbonyl (C=O) groups is 2. The molecule has 48 heavy (non-hydrogen) atoms. The molecular weight excluding hydrogens is 621 g/mol. The summed E-state index contributed by atoms with van der Waals surface area (Å²) >= 11 is 1.38. The lowest BCUT2D eigenvalue weighted by molar-refractivity contribution is -0.674. The molecule has 2 aliphatic heterocycles. The van der Waals surface area contributed by atoms with E-state index in [9.17, 15) is 9.59 Å². The van der Waals surface area contributed by atoms with Crippen molar-refractivity contribution in [1.82, 2.24) is 0 Å². The van der Waals surface area contributed by atoms with Crippen molar-refractivity contribution < 1.29 is 27.9 Å². The molecular formula is C38H39BN3O5S+. The number of rotatable bonds is 9. The Balaban J connectivity index is 1.19. The van der Waals surface area contributed by atoms with Crippen molar-refractivity contribution in [2.24, 2.45) is 0 Å². The fourth-order valence-electron chi connectivity index (χ4n) is 6.78. The first-order valence-electron chi connectivity index (χ1n) is 16.6. The lowest BCUT2D eigenvalue weighted by Crippen LogP contribution is -2.40. The van der Waals surface area contributed by atoms with Crippen molar-refractivity contribution in [2.45, 2.75) is 46.1 Å². The van der Waals surface area contributed by atoms with Gasteiger partial charge in [0.2, 0.25) is 11.5 Å². The van der Waals surface area contributed by atoms with E-state index in [1.807, 2.05) is 60.7 Å². The molecule has 0 saturated carbocycles. The fourth-order valence-corrected chi connectivity index (χ4v) is 7.74. The summed E-state index contributed by atoms with van der Waals surface area (Å²) in [5.41, 5.74) is 7.65. The first-order valence-corrected chi connectivity index (χ1v) is 17.6. The number of aryl methyl sites for hydroxylation is 1. The molecule has 1 N–H and O–H groups in total. The molecule has 0 radical (unpaired) electrons. The number of nitrogens with one attached hydrogen (secondary N) is 1. The number of amides is 1. The number of thioether (sulfide) groups is 1. The van der Waals surface area contributed by atoms with Crippen LogP contribution >= 0.6 is 11.8 Å². The van der Waals surface area contributed by atoms with Crippen molar-refractivity contribution in [2.75, 3.05) is 35.7 Å². The highest BCUT2D eigenvalue weighted by Crippen LogP contribution is 2.50. The molecule has 3 aliphatic rings. The second-order valence-corrected chi connectivity index (χ2v) is 13.6. The van der Waals surface area contributed by atoms with Crippen LogP contribution in [0.3, 0.4) is 0 Å². The molecule has 0 spiro atoms. The third kappa shape index (κ3) is 5.82. The number of aromatic nitrogens is 1. The Morgan fingerprint density at radius 3 is 2.48 bits per heavy atom. The normalized spacial score (nSPS) is 19.0. The van der Waals surface area contributed by atoms with E-state index in [1.54, 1.807) is 0 Å². The van der Waals surface area contributed by atoms with Crippen LogP contribution in [0.4, 0.5) is 11.4 Å². The van der Waals surface area contributed by atoms with E-state index in [0.29, 0.717) is 42.5 Å². The maximum absolute atomic E-state index is 14.0. The predicted octanol–water partition coefficient (Wildman–Crippen LogP) is 6.17. The molecule has 10 heteroatoms. The van der Waals surface area contributed by atoms with Crippen LogP contribution in [0.15, 0.2) is 105 Å². The molecule has 3 heterocycles. The third-order valence-electron chi connectivity index (χ3n) is 9.24. The van der Waals surface area contributed by atoms with Crippen LogP contribution in [0.25, 0.3) is 17.2 Å². The number of allylic oxidation sites excluding steroid dienone is 4. The van der Waals surface area contributed by atoms with Gasteiger partial charge < -0.3 is 23.9 Å². The number of carbonyl (C=O) groups excluding carboxylic acids is 2. The number of para-hydroxylation sites is 3. The first-order chi connectivity index (χ1) is 23.3. The fraction of sp³-hybridized carbons (Fsp3) is 0.289. The van der Waals surface area contributed by atoms with Gasteiger partial charge >= 0.3 is 13.0 Å². The van der Waals surface area contributed by atoms with Gasteiger partial charge in [0, 0.05) is 64.4 Å². The predicted molar refractivity (Wildman–Crippen MR) is 192 cm³/mol. The minimum atomic E-state index is -0.376. The van der Waals surface area contributed by atoms with E-state index >= 15 is 0 Å². The van der Waals surface area contributed by atoms with Crippen molar-refractivity contribution in [3.05, 3.63) is 112 Å². The van der Waals surface area contributed by atoms with E-state index in [-0.39, 0.29) is 30.0 Å². The number of nitrogens with zero attached hydrogens (tertiary/aromatic N) is 2. The summed E-state index contributed by atoms with van der Waals surface area (Å²) < 4.78 is 19.7. The molecule has 7 rings (SSSR count). The SMILES string of the molecule is CCN1/C(=C/C2=C(SCC(=O)Nc3ccc(B4OCCCO4)cc3)C(=C/c3oc4ccccc4[n+]3CC)/C2=O)C(C)(C)c2ccccc21. The summed E-state index contributed by atoms with van der Waals surface area (Å²) in [6, 6.07) is 23.8. The number of anilines is 2. The van der Waals surface area contributed by atoms with Gasteiger partial charge in [0.05, 0.1) is 11.8 Å². The molecule has 4 aromatic rings. The molecule has 8 nitrogen and oxygen atoms in total. The molecule has 1 aliphatic carbocycles. The zero-order valence-corrected chi connectivity index (χ0v) is 28.6. The van der Waals surface area contributed by atoms with Gasteiger partial charge in [0.25, 0.3) is 5.52 Å². The van der Waals surface area contributed by atoms with Gasteiger partial charge in [0.1, 0.15) is 6.54 Å². The van der Waals surface area contributed by atoms with Crippen LogP contribution in [-0.4, -0.2) is 44.3 Å². The summed E-state index contributed by atoms with van der Waals surface area (Å²) in [4.78, 5) is 30.3. The number of oxazole rings is 1. The Morgan fingerprint density at radius 1 is 1.00 bits per heavy atom. The number of likely N-dealkylation sites (N-methyl/N-ethyl adjacent to an activating group) is 1. The molecule has 0 unspecified atom stereocenters. The molecule has 244 valence electrons. The monoisotopic (exact) mass is 660 g/mol. The molecule has 1 fully saturated rings. The van der Waals surface area contributed by atoms with E-state index in [4.69, 9.17) is 13.7 Å². The Kier molecular flexibility index (Phi) is 8.89. The average Bonchev–Trinajstić information content (AvgIpc) is 3.58. The molecule has 0 atom stereocenters. The van der Waals surface area contributed by atoms with Crippen LogP contribution in [0.1, 0.15) is 45.6 Å². The number of Topliss-reactive ketones (excluding diaryl/α,β-unsaturated/α-hetero) is 1. The zero-order chi connectivity index (χ0) is 33.4. The van der Waals surface area contributed by atoms with Crippen LogP contribution in [0, 0.1) is 0 Å². The zero-order valence-electron chi connectivity index (χ0n) is 27.7. The van der Waals surface area contributed by atoms with Gasteiger partial charge in [-0.05, 0) is 61.6 Å². The van der Waals surface area contributed by atoms with Crippen LogP contribution in [0.2, 0.25) is 0 Å². The summed E-state index contributed by atoms with van der Waals surface area (Å²) in [5.74, 6) is 0.524. The van der Waals surface area contributed by atoms with E-state index in [2.05, 4.69) is 66.7 Å². The van der Waals surface area contributed by atoms with Crippen molar-refractivity contribution in [3.63, 3.8) is 0 Å². The number of fused-ring (bicyclic) bond motifs is 2. The Hall–Kier alpha value is -4.38. The molecule has 1 saturated heterocycles. The Bertz CT molecular complexity index is 1990. The van der Waals surface area contributed by atoms with Gasteiger partial charge in [-0.1, -0.05) is 56.3 Å². The van der Waals surface area contributed by atoms with Gasteiger partial charge in [-0.2, -0.15) is 4.57 Å². The molecule has 1 aromatic heterocycles. The number of hydrogen-bond acceptors (Lipinski definition) is 7. The second-order valence-electron chi connectivity index (χ2n) is 12.6. The quantitative estimate of drug-likeness (QED) is 0.131. The summed E-state index contributed by atoms with van der Waals surface area (Å²) in [6.45, 7) is 11.4. The highest BCUT2D eigenvalue weighted by atomic mass is 32.2. The van der Waals surface area contributed by atoms with E-state index in [1.165, 1.54) is 17.3 Å². The Morgan fingerprint density at radius 2 is 1.73 bits per heavy atom. The smallest absolute Gasteiger partial charge is 0.407 e. The van der Waals surface area contributed by atoms with Gasteiger partial charge in [-0.15, -0.1) is 11.8 Å². The van der Waals surface area contributed by atoms with Crippen LogP contribution in [0.5, 0.6) is 0 Å². The maximum Gasteiger partial charge on any atom is 0.493 e. The number of hydrogen-bond donors (Lipinski definition) is 1. The van der Waals surface area contributed by atoms with Crippen molar-refractivity contribution in [1.29, 1.82) is 0 Å². The lowest BCUT2D eigenvalue weighted by atomic mass is 9.78. The maximum atomic E-state index is 14.0. The number of benzene rings is 3. The average molecular weight is 661 g/mol. The van der Waals surface area contributed by atoms with Gasteiger partial charge in [0.15, 0.2) is 5.78 Å². The number of ketones is 1. The topological polar surface area (TPSA) is 84.9 Å². The van der Waals surface area contributed by atoms with E-state index < -0.39 is 0 Å². The summed E-state index contributed by atoms with van der Waals surface area (Å²) in [7, 11) is -0.376. The molecule has 0 bridgehead atoms. The molecule has 3 aromatic carbocycles. The highest BCUT2D eigenvalue weighted by Gasteiger charge is 2.42. The summed E-state index contributed by atoms with van der Waals surface area (Å²) in [5, 5.41) is 3.00. The molecule has 1 amide bonds. The van der Waals surface area contributed by atoms with Crippen LogP contribution < -0.4 is 20.2 Å². The minimum absolute atomic E-state index is 0.0564. The van der Waals surface area contributed by atoms with Gasteiger partial charge in [-0.3, -0.25) is 9.59 Å². The van der Waals surface area contributed by atoms with Crippen LogP contribution in [-0.2, 0) is 30.9 Å². The summed E-state index contributed by atoms with van der Waals surface area (Å²) in [6.07, 6.45) is 4.75. The lowest BCUT2D eigenvalue weighted by Gasteiger charge is -2.29. The van der Waals surface area contributed by atoms with Gasteiger partial charge in [-0.25, -0.2) is 0 Å². The Labute approximate surface area is 285 Å².